The van der Waals surface area contributed by atoms with Crippen LogP contribution >= 0.6 is 0 Å². The maximum absolute atomic E-state index is 13.0. The van der Waals surface area contributed by atoms with Crippen molar-refractivity contribution in [2.24, 2.45) is 0 Å². The van der Waals surface area contributed by atoms with Crippen molar-refractivity contribution in [3.05, 3.63) is 64.8 Å². The van der Waals surface area contributed by atoms with Gasteiger partial charge in [-0.15, -0.1) is 0 Å². The quantitative estimate of drug-likeness (QED) is 0.737. The summed E-state index contributed by atoms with van der Waals surface area (Å²) >= 11 is 0. The van der Waals surface area contributed by atoms with Gasteiger partial charge in [-0.25, -0.2) is 0 Å². The Morgan fingerprint density at radius 2 is 2.12 bits per heavy atom. The molecule has 0 spiro atoms. The van der Waals surface area contributed by atoms with Crippen LogP contribution in [0.2, 0.25) is 0 Å². The summed E-state index contributed by atoms with van der Waals surface area (Å²) < 4.78 is 7.57. The maximum atomic E-state index is 13.0. The Hall–Kier alpha value is -2.89. The Bertz CT molecular complexity index is 946. The second-order valence-electron chi connectivity index (χ2n) is 6.35. The molecule has 0 unspecified atom stereocenters. The Labute approximate surface area is 144 Å². The number of fused-ring (bicyclic) bond motifs is 1. The second kappa shape index (κ2) is 6.55. The number of nitrogens with zero attached hydrogens (tertiary/aromatic N) is 3. The molecule has 1 aromatic carbocycles. The number of benzene rings is 1. The van der Waals surface area contributed by atoms with Gasteiger partial charge in [0.25, 0.3) is 5.91 Å². The van der Waals surface area contributed by atoms with Crippen LogP contribution in [0.4, 0.5) is 0 Å². The number of para-hydroxylation sites is 1. The van der Waals surface area contributed by atoms with E-state index in [1.807, 2.05) is 21.8 Å². The first-order valence-electron chi connectivity index (χ1n) is 8.54. The lowest BCUT2D eigenvalue weighted by Crippen LogP contribution is -2.46. The van der Waals surface area contributed by atoms with Crippen LogP contribution in [0.25, 0.3) is 11.0 Å². The van der Waals surface area contributed by atoms with Crippen LogP contribution in [0.15, 0.2) is 58.0 Å². The zero-order valence-corrected chi connectivity index (χ0v) is 13.8. The van der Waals surface area contributed by atoms with Crippen LogP contribution in [0.5, 0.6) is 0 Å². The highest BCUT2D eigenvalue weighted by Crippen LogP contribution is 2.22. The van der Waals surface area contributed by atoms with E-state index >= 15 is 0 Å². The fourth-order valence-corrected chi connectivity index (χ4v) is 3.43. The summed E-state index contributed by atoms with van der Waals surface area (Å²) in [6, 6.07) is 10.2. The number of hydrogen-bond donors (Lipinski definition) is 0. The fourth-order valence-electron chi connectivity index (χ4n) is 3.43. The number of amides is 1. The summed E-state index contributed by atoms with van der Waals surface area (Å²) in [4.78, 5) is 27.1. The van der Waals surface area contributed by atoms with Crippen LogP contribution in [0, 0.1) is 0 Å². The summed E-state index contributed by atoms with van der Waals surface area (Å²) in [5, 5.41) is 4.73. The third-order valence-electron chi connectivity index (χ3n) is 4.69. The second-order valence-corrected chi connectivity index (χ2v) is 6.35. The summed E-state index contributed by atoms with van der Waals surface area (Å²) in [5.41, 5.74) is 0.254. The summed E-state index contributed by atoms with van der Waals surface area (Å²) in [7, 11) is 0. The van der Waals surface area contributed by atoms with E-state index in [0.29, 0.717) is 24.1 Å². The summed E-state index contributed by atoms with van der Waals surface area (Å²) in [5.74, 6) is -0.115. The van der Waals surface area contributed by atoms with Gasteiger partial charge in [-0.2, -0.15) is 5.10 Å². The molecule has 1 saturated heterocycles. The van der Waals surface area contributed by atoms with Crippen molar-refractivity contribution in [1.29, 1.82) is 0 Å². The van der Waals surface area contributed by atoms with Gasteiger partial charge in [0.05, 0.1) is 18.0 Å². The predicted molar refractivity (Wildman–Crippen MR) is 93.4 cm³/mol. The predicted octanol–water partition coefficient (Wildman–Crippen LogP) is 2.68. The van der Waals surface area contributed by atoms with Gasteiger partial charge in [0.2, 0.25) is 0 Å². The number of likely N-dealkylation sites (tertiary alicyclic amines) is 1. The van der Waals surface area contributed by atoms with Crippen LogP contribution in [0.3, 0.4) is 0 Å². The average molecular weight is 337 g/mol. The van der Waals surface area contributed by atoms with E-state index in [9.17, 15) is 9.59 Å². The van der Waals surface area contributed by atoms with E-state index in [1.165, 1.54) is 6.07 Å². The van der Waals surface area contributed by atoms with Crippen LogP contribution in [0.1, 0.15) is 29.8 Å². The number of aromatic nitrogens is 2. The molecule has 1 aliphatic rings. The first kappa shape index (κ1) is 15.6. The van der Waals surface area contributed by atoms with Gasteiger partial charge in [-0.1, -0.05) is 12.1 Å². The highest BCUT2D eigenvalue weighted by Gasteiger charge is 2.29. The molecule has 1 amide bonds. The van der Waals surface area contributed by atoms with Crippen molar-refractivity contribution >= 4 is 16.9 Å². The van der Waals surface area contributed by atoms with Crippen molar-refractivity contribution < 1.29 is 9.21 Å². The van der Waals surface area contributed by atoms with Gasteiger partial charge in [0, 0.05) is 25.0 Å². The van der Waals surface area contributed by atoms with Gasteiger partial charge in [0.15, 0.2) is 11.2 Å². The molecule has 1 aliphatic heterocycles. The molecule has 0 N–H and O–H groups in total. The monoisotopic (exact) mass is 337 g/mol. The van der Waals surface area contributed by atoms with Gasteiger partial charge >= 0.3 is 0 Å². The zero-order chi connectivity index (χ0) is 17.2. The van der Waals surface area contributed by atoms with Crippen molar-refractivity contribution in [3.63, 3.8) is 0 Å². The number of carbonyl (C=O) groups is 1. The topological polar surface area (TPSA) is 68.3 Å². The molecule has 3 aromatic rings. The van der Waals surface area contributed by atoms with Crippen molar-refractivity contribution in [2.75, 3.05) is 6.54 Å². The minimum Gasteiger partial charge on any atom is -0.451 e. The normalized spacial score (nSPS) is 17.8. The fraction of sp³-hybridized carbons (Fsp3) is 0.316. The lowest BCUT2D eigenvalue weighted by atomic mass is 10.0. The van der Waals surface area contributed by atoms with E-state index in [2.05, 4.69) is 5.10 Å². The van der Waals surface area contributed by atoms with Crippen LogP contribution in [-0.2, 0) is 6.54 Å². The van der Waals surface area contributed by atoms with E-state index in [4.69, 9.17) is 4.42 Å². The molecule has 0 radical (unpaired) electrons. The Morgan fingerprint density at radius 1 is 1.24 bits per heavy atom. The molecular weight excluding hydrogens is 318 g/mol. The molecule has 128 valence electrons. The van der Waals surface area contributed by atoms with E-state index in [0.717, 1.165) is 19.3 Å². The SMILES string of the molecule is O=C(c1cc(=O)c2ccccc2o1)N1CCCC[C@@H]1Cn1cccn1. The lowest BCUT2D eigenvalue weighted by Gasteiger charge is -2.35. The van der Waals surface area contributed by atoms with Crippen LogP contribution < -0.4 is 5.43 Å². The van der Waals surface area contributed by atoms with E-state index in [-0.39, 0.29) is 23.1 Å². The molecule has 6 heteroatoms. The highest BCUT2D eigenvalue weighted by molar-refractivity contribution is 5.93. The molecule has 25 heavy (non-hydrogen) atoms. The molecule has 2 aromatic heterocycles. The molecule has 1 atom stereocenters. The Balaban J connectivity index is 1.65. The van der Waals surface area contributed by atoms with E-state index in [1.54, 1.807) is 30.5 Å². The van der Waals surface area contributed by atoms with Crippen molar-refractivity contribution in [3.8, 4) is 0 Å². The Morgan fingerprint density at radius 3 is 2.96 bits per heavy atom. The number of piperidine rings is 1. The van der Waals surface area contributed by atoms with Gasteiger partial charge in [-0.05, 0) is 37.5 Å². The molecule has 0 aliphatic carbocycles. The summed E-state index contributed by atoms with van der Waals surface area (Å²) in [6.07, 6.45) is 6.59. The minimum absolute atomic E-state index is 0.0536. The van der Waals surface area contributed by atoms with Crippen molar-refractivity contribution in [2.45, 2.75) is 31.8 Å². The molecule has 0 saturated carbocycles. The lowest BCUT2D eigenvalue weighted by molar-refractivity contribution is 0.0552. The molecule has 3 heterocycles. The number of carbonyl (C=O) groups excluding carboxylic acids is 1. The maximum Gasteiger partial charge on any atom is 0.290 e. The highest BCUT2D eigenvalue weighted by atomic mass is 16.3. The molecule has 1 fully saturated rings. The van der Waals surface area contributed by atoms with Crippen molar-refractivity contribution in [1.82, 2.24) is 14.7 Å². The zero-order valence-electron chi connectivity index (χ0n) is 13.8. The van der Waals surface area contributed by atoms with Crippen LogP contribution in [-0.4, -0.2) is 33.2 Å². The molecular formula is C19H19N3O3. The molecule has 4 rings (SSSR count). The minimum atomic E-state index is -0.222. The van der Waals surface area contributed by atoms with Gasteiger partial charge < -0.3 is 9.32 Å². The average Bonchev–Trinajstić information content (AvgIpc) is 3.15. The standard InChI is InChI=1S/C19H19N3O3/c23-16-12-18(25-17-8-2-1-7-15(16)17)19(24)22-11-4-3-6-14(22)13-21-10-5-9-20-21/h1-2,5,7-10,12,14H,3-4,6,11,13H2/t14-/m1/s1. The third kappa shape index (κ3) is 3.07. The molecule has 0 bridgehead atoms. The third-order valence-corrected chi connectivity index (χ3v) is 4.69. The summed E-state index contributed by atoms with van der Waals surface area (Å²) in [6.45, 7) is 1.32. The number of rotatable bonds is 3. The number of hydrogen-bond acceptors (Lipinski definition) is 4. The first-order chi connectivity index (χ1) is 12.2. The van der Waals surface area contributed by atoms with Gasteiger partial charge in [-0.3, -0.25) is 14.3 Å². The Kier molecular flexibility index (Phi) is 4.09. The van der Waals surface area contributed by atoms with Gasteiger partial charge in [0.1, 0.15) is 5.58 Å². The van der Waals surface area contributed by atoms with E-state index < -0.39 is 0 Å². The smallest absolute Gasteiger partial charge is 0.290 e. The largest absolute Gasteiger partial charge is 0.451 e. The first-order valence-corrected chi connectivity index (χ1v) is 8.54. The molecule has 6 nitrogen and oxygen atoms in total.